The second-order valence-corrected chi connectivity index (χ2v) is 11.9. The van der Waals surface area contributed by atoms with E-state index in [4.69, 9.17) is 5.73 Å². The van der Waals surface area contributed by atoms with Gasteiger partial charge >= 0.3 is 0 Å². The van der Waals surface area contributed by atoms with Crippen molar-refractivity contribution < 1.29 is 4.79 Å². The number of hydrogen-bond donors (Lipinski definition) is 1. The van der Waals surface area contributed by atoms with Gasteiger partial charge < -0.3 is 5.73 Å². The zero-order valence-electron chi connectivity index (χ0n) is 18.4. The van der Waals surface area contributed by atoms with Crippen molar-refractivity contribution in [1.29, 1.82) is 0 Å². The molecule has 2 aliphatic carbocycles. The Labute approximate surface area is 171 Å². The van der Waals surface area contributed by atoms with Crippen LogP contribution in [0.5, 0.6) is 0 Å². The van der Waals surface area contributed by atoms with E-state index < -0.39 is 8.41 Å². The molecule has 0 saturated carbocycles. The van der Waals surface area contributed by atoms with Crippen LogP contribution < -0.4 is 5.73 Å². The van der Waals surface area contributed by atoms with Gasteiger partial charge in [-0.05, 0) is 65.0 Å². The molecule has 0 heterocycles. The highest BCUT2D eigenvalue weighted by atomic mass is 28.2. The van der Waals surface area contributed by atoms with E-state index in [0.717, 1.165) is 24.8 Å². The average molecular weight is 392 g/mol. The van der Waals surface area contributed by atoms with E-state index in [2.05, 4.69) is 65.9 Å². The van der Waals surface area contributed by atoms with Crippen LogP contribution in [0.2, 0.25) is 13.1 Å². The second-order valence-electron chi connectivity index (χ2n) is 9.34. The van der Waals surface area contributed by atoms with Crippen molar-refractivity contribution in [2.75, 3.05) is 0 Å². The molecular weight excluding hydrogens is 358 g/mol. The van der Waals surface area contributed by atoms with Crippen molar-refractivity contribution in [2.24, 2.45) is 5.73 Å². The highest BCUT2D eigenvalue weighted by Gasteiger charge is 2.28. The van der Waals surface area contributed by atoms with Crippen LogP contribution in [0.15, 0.2) is 34.9 Å². The molecule has 0 atom stereocenters. The number of carbonyl (C=O) groups is 1. The van der Waals surface area contributed by atoms with Gasteiger partial charge in [0.05, 0.1) is 0 Å². The minimum atomic E-state index is -0.650. The number of allylic oxidation sites excluding steroid dienone is 3. The van der Waals surface area contributed by atoms with Crippen molar-refractivity contribution in [1.82, 2.24) is 0 Å². The number of nitrogens with two attached hydrogens (primary N) is 1. The first-order chi connectivity index (χ1) is 13.0. The summed E-state index contributed by atoms with van der Waals surface area (Å²) in [6, 6.07) is 4.76. The Morgan fingerprint density at radius 2 is 1.89 bits per heavy atom. The number of rotatable bonds is 3. The molecule has 0 aliphatic heterocycles. The van der Waals surface area contributed by atoms with E-state index >= 15 is 0 Å². The van der Waals surface area contributed by atoms with Crippen molar-refractivity contribution in [3.63, 3.8) is 0 Å². The van der Waals surface area contributed by atoms with Gasteiger partial charge in [-0.2, -0.15) is 0 Å². The monoisotopic (exact) mass is 391 g/mol. The maximum absolute atomic E-state index is 12.1. The summed E-state index contributed by atoms with van der Waals surface area (Å²) in [6.07, 6.45) is 7.35. The van der Waals surface area contributed by atoms with Gasteiger partial charge in [0, 0.05) is 14.0 Å². The minimum absolute atomic E-state index is 0.0739. The number of carbonyl (C=O) groups excluding carboxylic acids is 1. The normalized spacial score (nSPS) is 16.8. The number of amides is 1. The fraction of sp³-hybridized carbons (Fsp3) is 0.440. The third-order valence-corrected chi connectivity index (χ3v) is 7.76. The topological polar surface area (TPSA) is 43.1 Å². The van der Waals surface area contributed by atoms with Crippen LogP contribution in [0.25, 0.3) is 11.6 Å². The quantitative estimate of drug-likeness (QED) is 0.686. The molecular formula is C25H33NOSi. The molecule has 0 radical (unpaired) electrons. The molecule has 2 aliphatic rings. The summed E-state index contributed by atoms with van der Waals surface area (Å²) in [5, 5.41) is 1.51. The third kappa shape index (κ3) is 3.65. The molecule has 0 unspecified atom stereocenters. The average Bonchev–Trinajstić information content (AvgIpc) is 3.02. The highest BCUT2D eigenvalue weighted by molar-refractivity contribution is 6.76. The molecule has 28 heavy (non-hydrogen) atoms. The number of hydrogen-bond acceptors (Lipinski definition) is 1. The maximum Gasteiger partial charge on any atom is 0.248 e. The van der Waals surface area contributed by atoms with Crippen molar-refractivity contribution in [3.8, 4) is 0 Å². The van der Waals surface area contributed by atoms with Crippen molar-refractivity contribution >= 4 is 31.1 Å². The lowest BCUT2D eigenvalue weighted by Gasteiger charge is -2.27. The highest BCUT2D eigenvalue weighted by Crippen LogP contribution is 2.40. The Morgan fingerprint density at radius 3 is 2.43 bits per heavy atom. The minimum Gasteiger partial charge on any atom is -0.366 e. The fourth-order valence-electron chi connectivity index (χ4n) is 4.33. The maximum atomic E-state index is 12.1. The molecule has 2 N–H and O–H groups in total. The predicted molar refractivity (Wildman–Crippen MR) is 124 cm³/mol. The molecule has 1 aromatic rings. The summed E-state index contributed by atoms with van der Waals surface area (Å²) in [5.74, 6) is -0.314. The first-order valence-electron chi connectivity index (χ1n) is 10.3. The molecule has 0 fully saturated rings. The lowest BCUT2D eigenvalue weighted by Crippen LogP contribution is -2.24. The Morgan fingerprint density at radius 1 is 1.21 bits per heavy atom. The van der Waals surface area contributed by atoms with Crippen LogP contribution in [0.3, 0.4) is 0 Å². The largest absolute Gasteiger partial charge is 0.366 e. The molecule has 1 aromatic carbocycles. The molecule has 3 heteroatoms. The summed E-state index contributed by atoms with van der Waals surface area (Å²) in [4.78, 5) is 12.1. The van der Waals surface area contributed by atoms with Crippen LogP contribution >= 0.6 is 0 Å². The SMILES string of the molecule is CCC1=Cc2cc(C(C)(C)C)cc(C3=C(C)C(C(N)=O)=CCC3=[Si](C)C)c2C1. The van der Waals surface area contributed by atoms with Gasteiger partial charge in [-0.25, -0.2) is 0 Å². The zero-order valence-corrected chi connectivity index (χ0v) is 19.4. The third-order valence-electron chi connectivity index (χ3n) is 6.10. The zero-order chi connectivity index (χ0) is 20.8. The number of benzene rings is 1. The van der Waals surface area contributed by atoms with E-state index in [1.807, 2.05) is 6.08 Å². The van der Waals surface area contributed by atoms with Gasteiger partial charge in [0.1, 0.15) is 0 Å². The van der Waals surface area contributed by atoms with Gasteiger partial charge in [-0.3, -0.25) is 4.79 Å². The van der Waals surface area contributed by atoms with Gasteiger partial charge in [0.2, 0.25) is 5.91 Å². The van der Waals surface area contributed by atoms with Crippen molar-refractivity contribution in [2.45, 2.75) is 72.4 Å². The molecule has 148 valence electrons. The summed E-state index contributed by atoms with van der Waals surface area (Å²) >= 11 is 0. The van der Waals surface area contributed by atoms with E-state index in [1.165, 1.54) is 38.6 Å². The molecule has 0 spiro atoms. The first-order valence-corrected chi connectivity index (χ1v) is 12.8. The summed E-state index contributed by atoms with van der Waals surface area (Å²) in [6.45, 7) is 15.8. The van der Waals surface area contributed by atoms with Crippen LogP contribution in [-0.2, 0) is 16.6 Å². The Kier molecular flexibility index (Phi) is 5.50. The lowest BCUT2D eigenvalue weighted by molar-refractivity contribution is -0.114. The van der Waals surface area contributed by atoms with E-state index in [-0.39, 0.29) is 11.3 Å². The molecule has 3 rings (SSSR count). The molecule has 0 saturated heterocycles. The summed E-state index contributed by atoms with van der Waals surface area (Å²) in [7, 11) is -0.650. The van der Waals surface area contributed by atoms with E-state index in [1.54, 1.807) is 0 Å². The van der Waals surface area contributed by atoms with Gasteiger partial charge in [0.25, 0.3) is 0 Å². The Bertz CT molecular complexity index is 977. The van der Waals surface area contributed by atoms with Crippen LogP contribution in [0.1, 0.15) is 69.7 Å². The van der Waals surface area contributed by atoms with Gasteiger partial charge in [-0.1, -0.05) is 75.8 Å². The van der Waals surface area contributed by atoms with Crippen molar-refractivity contribution in [3.05, 3.63) is 57.2 Å². The fourth-order valence-corrected chi connectivity index (χ4v) is 5.66. The number of primary amides is 1. The van der Waals surface area contributed by atoms with Crippen LogP contribution in [0.4, 0.5) is 0 Å². The molecule has 1 amide bonds. The first kappa shape index (κ1) is 20.7. The second kappa shape index (κ2) is 7.44. The standard InChI is InChI=1S/C25H33NOSi/c1-8-16-11-17-13-18(25(3,4)5)14-21(20(17)12-16)23-15(2)19(24(26)27)9-10-22(23)28(6)7/h9,11,13-14H,8,10,12H2,1-7H3,(H2,26,27). The van der Waals surface area contributed by atoms with Crippen LogP contribution in [0, 0.1) is 0 Å². The predicted octanol–water partition coefficient (Wildman–Crippen LogP) is 5.43. The lowest BCUT2D eigenvalue weighted by atomic mass is 9.79. The Hall–Kier alpha value is -2.00. The van der Waals surface area contributed by atoms with Gasteiger partial charge in [-0.15, -0.1) is 0 Å². The van der Waals surface area contributed by atoms with E-state index in [9.17, 15) is 4.79 Å². The molecule has 2 nitrogen and oxygen atoms in total. The Balaban J connectivity index is 2.35. The molecule has 0 bridgehead atoms. The smallest absolute Gasteiger partial charge is 0.248 e. The summed E-state index contributed by atoms with van der Waals surface area (Å²) < 4.78 is 0. The van der Waals surface area contributed by atoms with Gasteiger partial charge in [0.15, 0.2) is 0 Å². The van der Waals surface area contributed by atoms with Crippen LogP contribution in [-0.4, -0.2) is 19.5 Å². The van der Waals surface area contributed by atoms with E-state index in [0.29, 0.717) is 5.57 Å². The number of fused-ring (bicyclic) bond motifs is 1. The molecule has 0 aromatic heterocycles. The summed E-state index contributed by atoms with van der Waals surface area (Å²) in [5.41, 5.74) is 15.8.